The van der Waals surface area contributed by atoms with E-state index >= 15 is 0 Å². The maximum absolute atomic E-state index is 11.3. The van der Waals surface area contributed by atoms with Crippen LogP contribution in [0.1, 0.15) is 29.9 Å². The molecular weight excluding hydrogens is 336 g/mol. The molecule has 6 heteroatoms. The molecule has 1 aromatic carbocycles. The van der Waals surface area contributed by atoms with E-state index in [1.165, 1.54) is 0 Å². The van der Waals surface area contributed by atoms with Crippen molar-refractivity contribution in [2.75, 3.05) is 6.61 Å². The first-order chi connectivity index (χ1) is 9.90. The summed E-state index contributed by atoms with van der Waals surface area (Å²) in [5.41, 5.74) is 1.88. The highest BCUT2D eigenvalue weighted by atomic mass is 79.9. The smallest absolute Gasteiger partial charge is 0.339 e. The zero-order valence-electron chi connectivity index (χ0n) is 12.1. The van der Waals surface area contributed by atoms with Crippen molar-refractivity contribution in [1.82, 2.24) is 10.2 Å². The van der Waals surface area contributed by atoms with E-state index in [2.05, 4.69) is 40.0 Å². The number of nitrogens with zero attached hydrogens (tertiary/aromatic N) is 1. The van der Waals surface area contributed by atoms with Gasteiger partial charge in [0.1, 0.15) is 17.0 Å². The molecule has 1 heterocycles. The SMILES string of the molecule is Cc1[nH]nc(-c2ccc(OCC(C)C)c(Br)c2)c1C(=O)O. The lowest BCUT2D eigenvalue weighted by Gasteiger charge is -2.11. The normalized spacial score (nSPS) is 10.9. The number of hydrogen-bond acceptors (Lipinski definition) is 3. The van der Waals surface area contributed by atoms with Gasteiger partial charge in [0.05, 0.1) is 11.1 Å². The number of aromatic amines is 1. The summed E-state index contributed by atoms with van der Waals surface area (Å²) in [6, 6.07) is 5.44. The Bertz CT molecular complexity index is 665. The molecule has 1 aromatic heterocycles. The van der Waals surface area contributed by atoms with Crippen LogP contribution < -0.4 is 4.74 Å². The minimum atomic E-state index is -0.993. The molecule has 0 bridgehead atoms. The van der Waals surface area contributed by atoms with Crippen LogP contribution in [0.4, 0.5) is 0 Å². The van der Waals surface area contributed by atoms with Gasteiger partial charge in [-0.2, -0.15) is 5.10 Å². The minimum absolute atomic E-state index is 0.192. The van der Waals surface area contributed by atoms with Crippen molar-refractivity contribution in [2.24, 2.45) is 5.92 Å². The Morgan fingerprint density at radius 3 is 2.76 bits per heavy atom. The highest BCUT2D eigenvalue weighted by molar-refractivity contribution is 9.10. The van der Waals surface area contributed by atoms with Gasteiger partial charge in [0, 0.05) is 11.3 Å². The monoisotopic (exact) mass is 352 g/mol. The van der Waals surface area contributed by atoms with E-state index in [0.29, 0.717) is 23.9 Å². The van der Waals surface area contributed by atoms with Crippen molar-refractivity contribution in [2.45, 2.75) is 20.8 Å². The maximum Gasteiger partial charge on any atom is 0.339 e. The highest BCUT2D eigenvalue weighted by Gasteiger charge is 2.19. The Morgan fingerprint density at radius 1 is 1.48 bits per heavy atom. The topological polar surface area (TPSA) is 75.2 Å². The summed E-state index contributed by atoms with van der Waals surface area (Å²) < 4.78 is 6.46. The van der Waals surface area contributed by atoms with E-state index in [1.54, 1.807) is 6.92 Å². The molecule has 5 nitrogen and oxygen atoms in total. The lowest BCUT2D eigenvalue weighted by atomic mass is 10.1. The molecule has 0 aliphatic heterocycles. The number of aromatic nitrogens is 2. The van der Waals surface area contributed by atoms with Crippen LogP contribution in [0.2, 0.25) is 0 Å². The van der Waals surface area contributed by atoms with E-state index in [1.807, 2.05) is 18.2 Å². The highest BCUT2D eigenvalue weighted by Crippen LogP contribution is 2.32. The van der Waals surface area contributed by atoms with Gasteiger partial charge in [-0.15, -0.1) is 0 Å². The lowest BCUT2D eigenvalue weighted by Crippen LogP contribution is -2.05. The molecule has 21 heavy (non-hydrogen) atoms. The van der Waals surface area contributed by atoms with Crippen LogP contribution in [0, 0.1) is 12.8 Å². The fourth-order valence-corrected chi connectivity index (χ4v) is 2.41. The van der Waals surface area contributed by atoms with Gasteiger partial charge in [0.15, 0.2) is 0 Å². The molecule has 0 saturated heterocycles. The first-order valence-corrected chi connectivity index (χ1v) is 7.40. The Kier molecular flexibility index (Phi) is 4.67. The minimum Gasteiger partial charge on any atom is -0.492 e. The number of hydrogen-bond donors (Lipinski definition) is 2. The summed E-state index contributed by atoms with van der Waals surface area (Å²) >= 11 is 3.45. The van der Waals surface area contributed by atoms with Gasteiger partial charge in [-0.3, -0.25) is 5.10 Å². The fraction of sp³-hybridized carbons (Fsp3) is 0.333. The Labute approximate surface area is 131 Å². The molecule has 0 aliphatic carbocycles. The molecule has 0 fully saturated rings. The van der Waals surface area contributed by atoms with E-state index in [4.69, 9.17) is 4.74 Å². The first-order valence-electron chi connectivity index (χ1n) is 6.61. The molecule has 0 spiro atoms. The van der Waals surface area contributed by atoms with Crippen molar-refractivity contribution >= 4 is 21.9 Å². The Hall–Kier alpha value is -1.82. The van der Waals surface area contributed by atoms with Crippen LogP contribution in [-0.2, 0) is 0 Å². The fourth-order valence-electron chi connectivity index (χ4n) is 1.92. The molecule has 0 atom stereocenters. The molecule has 0 amide bonds. The number of carbonyl (C=O) groups is 1. The van der Waals surface area contributed by atoms with Crippen LogP contribution in [0.3, 0.4) is 0 Å². The largest absolute Gasteiger partial charge is 0.492 e. The third-order valence-corrected chi connectivity index (χ3v) is 3.56. The second-order valence-corrected chi connectivity index (χ2v) is 6.08. The number of carboxylic acids is 1. The van der Waals surface area contributed by atoms with Crippen molar-refractivity contribution < 1.29 is 14.6 Å². The maximum atomic E-state index is 11.3. The molecule has 112 valence electrons. The molecule has 0 radical (unpaired) electrons. The van der Waals surface area contributed by atoms with Crippen molar-refractivity contribution in [3.63, 3.8) is 0 Å². The number of carboxylic acid groups (broad SMARTS) is 1. The zero-order valence-corrected chi connectivity index (χ0v) is 13.7. The number of aryl methyl sites for hydroxylation is 1. The molecular formula is C15H17BrN2O3. The van der Waals surface area contributed by atoms with Crippen molar-refractivity contribution in [3.8, 4) is 17.0 Å². The molecule has 0 aliphatic rings. The first kappa shape index (κ1) is 15.6. The molecule has 2 N–H and O–H groups in total. The summed E-state index contributed by atoms with van der Waals surface area (Å²) in [5.74, 6) is 0.174. The number of halogens is 1. The van der Waals surface area contributed by atoms with Gasteiger partial charge >= 0.3 is 5.97 Å². The average Bonchev–Trinajstić information content (AvgIpc) is 2.79. The summed E-state index contributed by atoms with van der Waals surface area (Å²) in [4.78, 5) is 11.3. The molecule has 2 aromatic rings. The summed E-state index contributed by atoms with van der Waals surface area (Å²) in [7, 11) is 0. The van der Waals surface area contributed by atoms with Gasteiger partial charge < -0.3 is 9.84 Å². The third-order valence-electron chi connectivity index (χ3n) is 2.94. The van der Waals surface area contributed by atoms with Crippen molar-refractivity contribution in [1.29, 1.82) is 0 Å². The molecule has 0 unspecified atom stereocenters. The summed E-state index contributed by atoms with van der Waals surface area (Å²) in [6.07, 6.45) is 0. The second kappa shape index (κ2) is 6.30. The Balaban J connectivity index is 2.34. The number of rotatable bonds is 5. The van der Waals surface area contributed by atoms with Gasteiger partial charge in [-0.25, -0.2) is 4.79 Å². The quantitative estimate of drug-likeness (QED) is 0.855. The van der Waals surface area contributed by atoms with Crippen molar-refractivity contribution in [3.05, 3.63) is 33.9 Å². The number of aromatic carboxylic acids is 1. The Morgan fingerprint density at radius 2 is 2.19 bits per heavy atom. The predicted molar refractivity (Wildman–Crippen MR) is 83.8 cm³/mol. The summed E-state index contributed by atoms with van der Waals surface area (Å²) in [5, 5.41) is 16.1. The van der Waals surface area contributed by atoms with Crippen LogP contribution in [0.5, 0.6) is 5.75 Å². The number of nitrogens with one attached hydrogen (secondary N) is 1. The van der Waals surface area contributed by atoms with E-state index in [-0.39, 0.29) is 5.56 Å². The van der Waals surface area contributed by atoms with Crippen LogP contribution >= 0.6 is 15.9 Å². The zero-order chi connectivity index (χ0) is 15.6. The number of benzene rings is 1. The van der Waals surface area contributed by atoms with Crippen LogP contribution in [-0.4, -0.2) is 27.9 Å². The van der Waals surface area contributed by atoms with Crippen LogP contribution in [0.25, 0.3) is 11.3 Å². The molecule has 0 saturated carbocycles. The van der Waals surface area contributed by atoms with Gasteiger partial charge in [0.2, 0.25) is 0 Å². The molecule has 2 rings (SSSR count). The number of H-pyrrole nitrogens is 1. The van der Waals surface area contributed by atoms with Gasteiger partial charge in [0.25, 0.3) is 0 Å². The summed E-state index contributed by atoms with van der Waals surface area (Å²) in [6.45, 7) is 6.47. The van der Waals surface area contributed by atoms with E-state index in [0.717, 1.165) is 15.8 Å². The standard InChI is InChI=1S/C15H17BrN2O3/c1-8(2)7-21-12-5-4-10(6-11(12)16)14-13(15(19)20)9(3)17-18-14/h4-6,8H,7H2,1-3H3,(H,17,18)(H,19,20). The third kappa shape index (κ3) is 3.44. The van der Waals surface area contributed by atoms with Gasteiger partial charge in [-0.05, 0) is 47.0 Å². The second-order valence-electron chi connectivity index (χ2n) is 5.23. The average molecular weight is 353 g/mol. The van der Waals surface area contributed by atoms with E-state index in [9.17, 15) is 9.90 Å². The van der Waals surface area contributed by atoms with Gasteiger partial charge in [-0.1, -0.05) is 13.8 Å². The van der Waals surface area contributed by atoms with E-state index < -0.39 is 5.97 Å². The predicted octanol–water partition coefficient (Wildman–Crippen LogP) is 3.88. The van der Waals surface area contributed by atoms with Crippen LogP contribution in [0.15, 0.2) is 22.7 Å². The number of ether oxygens (including phenoxy) is 1. The lowest BCUT2D eigenvalue weighted by molar-refractivity contribution is 0.0697.